The molecule has 0 aliphatic carbocycles. The van der Waals surface area contributed by atoms with Gasteiger partial charge in [-0.2, -0.15) is 0 Å². The standard InChI is InChI=1S/C6H18Si2.H4Si/c1-7(2,3)8(4,5)6;/h1-6H3;1H4. The fourth-order valence-corrected chi connectivity index (χ4v) is 0. The third-order valence-electron chi connectivity index (χ3n) is 2.25. The maximum Gasteiger partial charge on any atom is 0.0379 e. The Morgan fingerprint density at radius 3 is 0.667 bits per heavy atom. The highest BCUT2D eigenvalue weighted by atomic mass is 29.3. The van der Waals surface area contributed by atoms with Crippen LogP contribution in [0.1, 0.15) is 0 Å². The van der Waals surface area contributed by atoms with Gasteiger partial charge in [0.1, 0.15) is 0 Å². The molecular formula is C6H22Si3. The zero-order valence-corrected chi connectivity index (χ0v) is 9.00. The van der Waals surface area contributed by atoms with Gasteiger partial charge in [-0.25, -0.2) is 0 Å². The lowest BCUT2D eigenvalue weighted by Crippen LogP contribution is -2.49. The summed E-state index contributed by atoms with van der Waals surface area (Å²) in [5, 5.41) is 0. The van der Waals surface area contributed by atoms with E-state index in [1.807, 2.05) is 0 Å². The van der Waals surface area contributed by atoms with Crippen LogP contribution in [0.4, 0.5) is 0 Å². The van der Waals surface area contributed by atoms with E-state index in [4.69, 9.17) is 0 Å². The normalized spacial score (nSPS) is 12.7. The average molecular weight is 178 g/mol. The molecule has 0 saturated heterocycles. The first kappa shape index (κ1) is 12.3. The van der Waals surface area contributed by atoms with E-state index in [1.165, 1.54) is 0 Å². The summed E-state index contributed by atoms with van der Waals surface area (Å²) in [6, 6.07) is 0. The van der Waals surface area contributed by atoms with Crippen molar-refractivity contribution in [2.24, 2.45) is 0 Å². The van der Waals surface area contributed by atoms with Crippen molar-refractivity contribution in [3.63, 3.8) is 0 Å². The van der Waals surface area contributed by atoms with Crippen molar-refractivity contribution in [1.29, 1.82) is 0 Å². The fraction of sp³-hybridized carbons (Fsp3) is 1.00. The second-order valence-electron chi connectivity index (χ2n) is 4.50. The molecule has 0 fully saturated rings. The van der Waals surface area contributed by atoms with Gasteiger partial charge >= 0.3 is 0 Å². The van der Waals surface area contributed by atoms with Crippen molar-refractivity contribution in [3.8, 4) is 0 Å². The minimum Gasteiger partial charge on any atom is -0.0715 e. The van der Waals surface area contributed by atoms with Crippen molar-refractivity contribution >= 4 is 26.1 Å². The van der Waals surface area contributed by atoms with Crippen LogP contribution in [0.2, 0.25) is 39.3 Å². The largest absolute Gasteiger partial charge is 0.0715 e. The molecule has 0 heterocycles. The van der Waals surface area contributed by atoms with Crippen molar-refractivity contribution in [2.45, 2.75) is 39.3 Å². The Labute approximate surface area is 65.9 Å². The van der Waals surface area contributed by atoms with Gasteiger partial charge in [0.05, 0.1) is 0 Å². The Bertz CT molecular complexity index is 63.3. The van der Waals surface area contributed by atoms with Gasteiger partial charge in [0.2, 0.25) is 0 Å². The number of hydrogen-bond acceptors (Lipinski definition) is 0. The van der Waals surface area contributed by atoms with Gasteiger partial charge in [0, 0.05) is 15.2 Å². The van der Waals surface area contributed by atoms with Crippen LogP contribution in [0.3, 0.4) is 0 Å². The molecule has 0 aliphatic heterocycles. The lowest BCUT2D eigenvalue weighted by molar-refractivity contribution is 1.71. The minimum absolute atomic E-state index is 0. The molecule has 0 aromatic heterocycles. The van der Waals surface area contributed by atoms with Crippen LogP contribution in [0.15, 0.2) is 0 Å². The van der Waals surface area contributed by atoms with Crippen molar-refractivity contribution < 1.29 is 0 Å². The first-order valence-electron chi connectivity index (χ1n) is 3.25. The van der Waals surface area contributed by atoms with Crippen LogP contribution >= 0.6 is 0 Å². The summed E-state index contributed by atoms with van der Waals surface area (Å²) < 4.78 is 0. The van der Waals surface area contributed by atoms with Gasteiger partial charge in [0.15, 0.2) is 0 Å². The third kappa shape index (κ3) is 4.11. The lowest BCUT2D eigenvalue weighted by atomic mass is 11.8. The monoisotopic (exact) mass is 178 g/mol. The molecular weight excluding hydrogens is 156 g/mol. The topological polar surface area (TPSA) is 0 Å². The zero-order valence-electron chi connectivity index (χ0n) is 7.00. The van der Waals surface area contributed by atoms with Crippen LogP contribution < -0.4 is 0 Å². The molecule has 0 amide bonds. The summed E-state index contributed by atoms with van der Waals surface area (Å²) in [5.41, 5.74) is 0. The van der Waals surface area contributed by atoms with Gasteiger partial charge in [-0.3, -0.25) is 0 Å². The molecule has 0 spiro atoms. The Balaban J connectivity index is 0. The quantitative estimate of drug-likeness (QED) is 0.531. The summed E-state index contributed by atoms with van der Waals surface area (Å²) in [6.07, 6.45) is 0. The second-order valence-corrected chi connectivity index (χ2v) is 22.5. The van der Waals surface area contributed by atoms with Crippen molar-refractivity contribution in [3.05, 3.63) is 0 Å². The number of hydrogen-bond donors (Lipinski definition) is 0. The Kier molecular flexibility index (Phi) is 4.34. The highest BCUT2D eigenvalue weighted by Crippen LogP contribution is 2.16. The molecule has 58 valence electrons. The summed E-state index contributed by atoms with van der Waals surface area (Å²) in [5.74, 6) is 0. The average Bonchev–Trinajstić information content (AvgIpc) is 1.25. The van der Waals surface area contributed by atoms with Gasteiger partial charge in [-0.05, 0) is 11.0 Å². The number of rotatable bonds is 1. The van der Waals surface area contributed by atoms with Crippen LogP contribution in [-0.4, -0.2) is 26.1 Å². The lowest BCUT2D eigenvalue weighted by Gasteiger charge is -2.30. The van der Waals surface area contributed by atoms with Crippen molar-refractivity contribution in [1.82, 2.24) is 0 Å². The molecule has 0 nitrogen and oxygen atoms in total. The van der Waals surface area contributed by atoms with Crippen LogP contribution in [0.5, 0.6) is 0 Å². The summed E-state index contributed by atoms with van der Waals surface area (Å²) >= 11 is 0. The smallest absolute Gasteiger partial charge is 0.0379 e. The van der Waals surface area contributed by atoms with E-state index < -0.39 is 15.2 Å². The fourth-order valence-electron chi connectivity index (χ4n) is 0. The summed E-state index contributed by atoms with van der Waals surface area (Å²) in [7, 11) is -1.44. The van der Waals surface area contributed by atoms with E-state index in [9.17, 15) is 0 Å². The van der Waals surface area contributed by atoms with Gasteiger partial charge < -0.3 is 0 Å². The minimum atomic E-state index is -0.720. The van der Waals surface area contributed by atoms with Crippen LogP contribution in [0.25, 0.3) is 0 Å². The summed E-state index contributed by atoms with van der Waals surface area (Å²) in [4.78, 5) is 0. The van der Waals surface area contributed by atoms with E-state index in [2.05, 4.69) is 39.3 Å². The van der Waals surface area contributed by atoms with Crippen molar-refractivity contribution in [2.75, 3.05) is 0 Å². The molecule has 0 N–H and O–H groups in total. The molecule has 0 saturated carbocycles. The maximum atomic E-state index is 2.47. The van der Waals surface area contributed by atoms with E-state index in [0.717, 1.165) is 0 Å². The molecule has 0 rings (SSSR count). The molecule has 9 heavy (non-hydrogen) atoms. The van der Waals surface area contributed by atoms with E-state index in [0.29, 0.717) is 0 Å². The molecule has 0 atom stereocenters. The molecule has 0 bridgehead atoms. The Morgan fingerprint density at radius 1 is 0.556 bits per heavy atom. The summed E-state index contributed by atoms with van der Waals surface area (Å²) in [6.45, 7) is 14.8. The van der Waals surface area contributed by atoms with Gasteiger partial charge in [-0.15, -0.1) is 0 Å². The second kappa shape index (κ2) is 3.16. The van der Waals surface area contributed by atoms with Gasteiger partial charge in [-0.1, -0.05) is 39.3 Å². The predicted octanol–water partition coefficient (Wildman–Crippen LogP) is 1.29. The highest BCUT2D eigenvalue weighted by molar-refractivity contribution is 7.39. The highest BCUT2D eigenvalue weighted by Gasteiger charge is 2.31. The van der Waals surface area contributed by atoms with Crippen LogP contribution in [0, 0.1) is 0 Å². The molecule has 0 aliphatic rings. The molecule has 0 radical (unpaired) electrons. The molecule has 0 aromatic rings. The van der Waals surface area contributed by atoms with E-state index in [-0.39, 0.29) is 11.0 Å². The molecule has 3 heteroatoms. The third-order valence-corrected chi connectivity index (χ3v) is 20.2. The first-order chi connectivity index (χ1) is 3.25. The van der Waals surface area contributed by atoms with Crippen LogP contribution in [-0.2, 0) is 0 Å². The SMILES string of the molecule is C[Si](C)(C)[Si](C)(C)C.[SiH4]. The molecule has 0 unspecified atom stereocenters. The Hall–Kier alpha value is 0.651. The predicted molar refractivity (Wildman–Crippen MR) is 58.0 cm³/mol. The zero-order chi connectivity index (χ0) is 7.00. The maximum absolute atomic E-state index is 2.47. The molecule has 0 aromatic carbocycles. The van der Waals surface area contributed by atoms with E-state index in [1.54, 1.807) is 0 Å². The van der Waals surface area contributed by atoms with Gasteiger partial charge in [0.25, 0.3) is 0 Å². The Morgan fingerprint density at radius 2 is 0.667 bits per heavy atom. The first-order valence-corrected chi connectivity index (χ1v) is 11.2. The van der Waals surface area contributed by atoms with E-state index >= 15 is 0 Å².